The quantitative estimate of drug-likeness (QED) is 0.614. The standard InChI is InChI=1S/C21H17ClFNO/c1-14(17-7-6-15-4-2-3-5-18(15)12-17)24-21(25)11-9-16-8-10-19(22)13-20(16)23/h2-14H,1H3,(H,24,25). The first kappa shape index (κ1) is 17.2. The van der Waals surface area contributed by atoms with Crippen LogP contribution in [0.15, 0.2) is 66.7 Å². The van der Waals surface area contributed by atoms with Gasteiger partial charge in [-0.15, -0.1) is 0 Å². The van der Waals surface area contributed by atoms with Crippen molar-refractivity contribution in [3.8, 4) is 0 Å². The predicted molar refractivity (Wildman–Crippen MR) is 101 cm³/mol. The van der Waals surface area contributed by atoms with Crippen LogP contribution in [0, 0.1) is 5.82 Å². The summed E-state index contributed by atoms with van der Waals surface area (Å²) in [5.41, 5.74) is 1.33. The highest BCUT2D eigenvalue weighted by molar-refractivity contribution is 6.30. The number of amides is 1. The largest absolute Gasteiger partial charge is 0.346 e. The molecule has 0 heterocycles. The average molecular weight is 354 g/mol. The van der Waals surface area contributed by atoms with E-state index < -0.39 is 5.82 Å². The normalized spacial score (nSPS) is 12.4. The van der Waals surface area contributed by atoms with Gasteiger partial charge in [0, 0.05) is 16.7 Å². The Morgan fingerprint density at radius 2 is 1.84 bits per heavy atom. The number of hydrogen-bond donors (Lipinski definition) is 1. The maximum absolute atomic E-state index is 13.7. The molecule has 0 aliphatic carbocycles. The second-order valence-electron chi connectivity index (χ2n) is 5.84. The molecule has 0 saturated carbocycles. The van der Waals surface area contributed by atoms with E-state index in [2.05, 4.69) is 11.4 Å². The van der Waals surface area contributed by atoms with E-state index in [-0.39, 0.29) is 11.9 Å². The van der Waals surface area contributed by atoms with Gasteiger partial charge in [0.25, 0.3) is 0 Å². The Labute approximate surface area is 150 Å². The molecular weight excluding hydrogens is 337 g/mol. The molecule has 126 valence electrons. The first-order valence-corrected chi connectivity index (χ1v) is 8.33. The highest BCUT2D eigenvalue weighted by atomic mass is 35.5. The number of nitrogens with one attached hydrogen (secondary N) is 1. The highest BCUT2D eigenvalue weighted by Crippen LogP contribution is 2.20. The van der Waals surface area contributed by atoms with E-state index in [4.69, 9.17) is 11.6 Å². The lowest BCUT2D eigenvalue weighted by Gasteiger charge is -2.14. The first-order valence-electron chi connectivity index (χ1n) is 7.95. The van der Waals surface area contributed by atoms with Gasteiger partial charge in [-0.05, 0) is 47.5 Å². The van der Waals surface area contributed by atoms with Crippen molar-refractivity contribution in [2.75, 3.05) is 0 Å². The maximum atomic E-state index is 13.7. The van der Waals surface area contributed by atoms with Crippen molar-refractivity contribution in [2.45, 2.75) is 13.0 Å². The monoisotopic (exact) mass is 353 g/mol. The summed E-state index contributed by atoms with van der Waals surface area (Å²) in [4.78, 5) is 12.1. The van der Waals surface area contributed by atoms with Crippen LogP contribution in [0.3, 0.4) is 0 Å². The lowest BCUT2D eigenvalue weighted by molar-refractivity contribution is -0.117. The van der Waals surface area contributed by atoms with Gasteiger partial charge in [-0.3, -0.25) is 4.79 Å². The Bertz CT molecular complexity index is 952. The Morgan fingerprint density at radius 3 is 2.60 bits per heavy atom. The van der Waals surface area contributed by atoms with Crippen LogP contribution < -0.4 is 5.32 Å². The Balaban J connectivity index is 1.69. The zero-order chi connectivity index (χ0) is 17.8. The van der Waals surface area contributed by atoms with Gasteiger partial charge in [-0.2, -0.15) is 0 Å². The van der Waals surface area contributed by atoms with Crippen LogP contribution in [0.2, 0.25) is 5.02 Å². The van der Waals surface area contributed by atoms with Gasteiger partial charge in [-0.1, -0.05) is 54.1 Å². The van der Waals surface area contributed by atoms with Gasteiger partial charge in [0.1, 0.15) is 5.82 Å². The summed E-state index contributed by atoms with van der Waals surface area (Å²) in [5, 5.41) is 5.49. The number of halogens is 2. The zero-order valence-corrected chi connectivity index (χ0v) is 14.4. The van der Waals surface area contributed by atoms with Gasteiger partial charge in [0.05, 0.1) is 6.04 Å². The van der Waals surface area contributed by atoms with Crippen LogP contribution >= 0.6 is 11.6 Å². The lowest BCUT2D eigenvalue weighted by atomic mass is 10.0. The van der Waals surface area contributed by atoms with Crippen LogP contribution in [-0.2, 0) is 4.79 Å². The molecule has 25 heavy (non-hydrogen) atoms. The highest BCUT2D eigenvalue weighted by Gasteiger charge is 2.08. The molecule has 0 aromatic heterocycles. The van der Waals surface area contributed by atoms with Gasteiger partial charge in [0.2, 0.25) is 5.91 Å². The van der Waals surface area contributed by atoms with Crippen molar-refractivity contribution < 1.29 is 9.18 Å². The number of rotatable bonds is 4. The molecule has 0 aliphatic heterocycles. The Hall–Kier alpha value is -2.65. The van der Waals surface area contributed by atoms with Crippen molar-refractivity contribution in [3.63, 3.8) is 0 Å². The minimum Gasteiger partial charge on any atom is -0.346 e. The van der Waals surface area contributed by atoms with E-state index >= 15 is 0 Å². The summed E-state index contributed by atoms with van der Waals surface area (Å²) >= 11 is 5.71. The number of benzene rings is 3. The van der Waals surface area contributed by atoms with Crippen LogP contribution in [0.1, 0.15) is 24.1 Å². The van der Waals surface area contributed by atoms with E-state index in [9.17, 15) is 9.18 Å². The van der Waals surface area contributed by atoms with Gasteiger partial charge in [0.15, 0.2) is 0 Å². The van der Waals surface area contributed by atoms with Crippen molar-refractivity contribution in [1.82, 2.24) is 5.32 Å². The summed E-state index contributed by atoms with van der Waals surface area (Å²) in [6, 6.07) is 18.3. The molecule has 3 aromatic rings. The molecule has 3 aromatic carbocycles. The molecule has 4 heteroatoms. The van der Waals surface area contributed by atoms with Gasteiger partial charge >= 0.3 is 0 Å². The molecule has 2 nitrogen and oxygen atoms in total. The fourth-order valence-electron chi connectivity index (χ4n) is 2.62. The molecule has 0 fully saturated rings. The molecule has 1 atom stereocenters. The Kier molecular flexibility index (Phi) is 5.15. The average Bonchev–Trinajstić information content (AvgIpc) is 2.60. The molecule has 1 amide bonds. The molecule has 1 N–H and O–H groups in total. The van der Waals surface area contributed by atoms with Crippen molar-refractivity contribution in [1.29, 1.82) is 0 Å². The predicted octanol–water partition coefficient (Wildman–Crippen LogP) is 5.52. The fraction of sp³-hybridized carbons (Fsp3) is 0.0952. The summed E-state index contributed by atoms with van der Waals surface area (Å²) in [5.74, 6) is -0.742. The third-order valence-corrected chi connectivity index (χ3v) is 4.24. The molecule has 3 rings (SSSR count). The van der Waals surface area contributed by atoms with E-state index in [0.29, 0.717) is 10.6 Å². The van der Waals surface area contributed by atoms with Gasteiger partial charge in [-0.25, -0.2) is 4.39 Å². The van der Waals surface area contributed by atoms with Crippen LogP contribution in [0.4, 0.5) is 4.39 Å². The van der Waals surface area contributed by atoms with Crippen LogP contribution in [0.5, 0.6) is 0 Å². The molecule has 0 spiro atoms. The topological polar surface area (TPSA) is 29.1 Å². The maximum Gasteiger partial charge on any atom is 0.244 e. The van der Waals surface area contributed by atoms with Crippen LogP contribution in [-0.4, -0.2) is 5.91 Å². The number of carbonyl (C=O) groups is 1. The first-order chi connectivity index (χ1) is 12.0. The smallest absolute Gasteiger partial charge is 0.244 e. The molecule has 0 radical (unpaired) electrons. The SMILES string of the molecule is CC(NC(=O)C=Cc1ccc(Cl)cc1F)c1ccc2ccccc2c1. The number of hydrogen-bond acceptors (Lipinski definition) is 1. The zero-order valence-electron chi connectivity index (χ0n) is 13.7. The molecule has 0 aliphatic rings. The van der Waals surface area contributed by atoms with E-state index in [1.54, 1.807) is 6.07 Å². The third kappa shape index (κ3) is 4.25. The minimum atomic E-state index is -0.459. The Morgan fingerprint density at radius 1 is 1.08 bits per heavy atom. The van der Waals surface area contributed by atoms with Gasteiger partial charge < -0.3 is 5.32 Å². The molecule has 1 unspecified atom stereocenters. The third-order valence-electron chi connectivity index (χ3n) is 4.01. The summed E-state index contributed by atoms with van der Waals surface area (Å²) in [6.45, 7) is 1.92. The second kappa shape index (κ2) is 7.49. The van der Waals surface area contributed by atoms with E-state index in [1.807, 2.05) is 43.3 Å². The van der Waals surface area contributed by atoms with Crippen LogP contribution in [0.25, 0.3) is 16.8 Å². The molecule has 0 saturated heterocycles. The van der Waals surface area contributed by atoms with Crippen molar-refractivity contribution >= 4 is 34.4 Å². The summed E-state index contributed by atoms with van der Waals surface area (Å²) in [6.07, 6.45) is 2.76. The number of fused-ring (bicyclic) bond motifs is 1. The molecular formula is C21H17ClFNO. The van der Waals surface area contributed by atoms with Crippen molar-refractivity contribution in [3.05, 3.63) is 88.7 Å². The van der Waals surface area contributed by atoms with Crippen molar-refractivity contribution in [2.24, 2.45) is 0 Å². The molecule has 0 bridgehead atoms. The fourth-order valence-corrected chi connectivity index (χ4v) is 2.78. The van der Waals surface area contributed by atoms with E-state index in [0.717, 1.165) is 16.3 Å². The number of carbonyl (C=O) groups excluding carboxylic acids is 1. The second-order valence-corrected chi connectivity index (χ2v) is 6.27. The minimum absolute atomic E-state index is 0.156. The summed E-state index contributed by atoms with van der Waals surface area (Å²) < 4.78 is 13.7. The summed E-state index contributed by atoms with van der Waals surface area (Å²) in [7, 11) is 0. The lowest BCUT2D eigenvalue weighted by Crippen LogP contribution is -2.24. The van der Waals surface area contributed by atoms with E-state index in [1.165, 1.54) is 24.3 Å².